The molecular weight excluding hydrogens is 260 g/mol. The Bertz CT molecular complexity index is 684. The first-order valence-corrected chi connectivity index (χ1v) is 6.63. The number of nitrogens with two attached hydrogens (primary N) is 1. The van der Waals surface area contributed by atoms with Crippen molar-refractivity contribution in [2.75, 3.05) is 5.43 Å². The maximum atomic E-state index is 5.77. The van der Waals surface area contributed by atoms with E-state index in [-0.39, 0.29) is 0 Å². The first-order chi connectivity index (χ1) is 9.36. The van der Waals surface area contributed by atoms with Gasteiger partial charge >= 0.3 is 0 Å². The van der Waals surface area contributed by atoms with E-state index in [9.17, 15) is 0 Å². The topological polar surface area (TPSA) is 73.1 Å². The molecule has 2 heterocycles. The lowest BCUT2D eigenvalue weighted by molar-refractivity contribution is 0.301. The third-order valence-electron chi connectivity index (χ3n) is 2.63. The van der Waals surface area contributed by atoms with Gasteiger partial charge in [-0.2, -0.15) is 4.98 Å². The van der Waals surface area contributed by atoms with Gasteiger partial charge in [-0.05, 0) is 23.6 Å². The molecule has 0 aliphatic heterocycles. The number of para-hydroxylation sites is 1. The van der Waals surface area contributed by atoms with Crippen molar-refractivity contribution in [1.29, 1.82) is 0 Å². The third-order valence-corrected chi connectivity index (χ3v) is 3.48. The number of anilines is 1. The first kappa shape index (κ1) is 11.9. The minimum absolute atomic E-state index is 0.347. The number of fused-ring (bicyclic) bond motifs is 1. The zero-order valence-electron chi connectivity index (χ0n) is 10.0. The number of aromatic nitrogens is 2. The number of nitrogen functional groups attached to an aromatic ring is 1. The van der Waals surface area contributed by atoms with E-state index in [0.29, 0.717) is 18.4 Å². The van der Waals surface area contributed by atoms with Crippen LogP contribution in [0.25, 0.3) is 10.9 Å². The number of hydrogen-bond donors (Lipinski definition) is 2. The summed E-state index contributed by atoms with van der Waals surface area (Å²) < 4.78 is 5.77. The molecule has 5 nitrogen and oxygen atoms in total. The molecule has 1 aromatic carbocycles. The highest BCUT2D eigenvalue weighted by Gasteiger charge is 2.08. The fourth-order valence-corrected chi connectivity index (χ4v) is 2.37. The van der Waals surface area contributed by atoms with Crippen LogP contribution < -0.4 is 16.0 Å². The van der Waals surface area contributed by atoms with Gasteiger partial charge in [0.2, 0.25) is 11.8 Å². The van der Waals surface area contributed by atoms with Gasteiger partial charge in [0.1, 0.15) is 6.61 Å². The van der Waals surface area contributed by atoms with E-state index in [1.165, 1.54) is 0 Å². The number of hydrazine groups is 1. The molecule has 0 bridgehead atoms. The summed E-state index contributed by atoms with van der Waals surface area (Å²) in [5, 5.41) is 2.89. The van der Waals surface area contributed by atoms with Crippen LogP contribution in [0.4, 0.5) is 5.95 Å². The smallest absolute Gasteiger partial charge is 0.241 e. The van der Waals surface area contributed by atoms with Gasteiger partial charge in [0.25, 0.3) is 0 Å². The van der Waals surface area contributed by atoms with E-state index >= 15 is 0 Å². The third kappa shape index (κ3) is 2.49. The van der Waals surface area contributed by atoms with Crippen LogP contribution >= 0.6 is 11.3 Å². The summed E-state index contributed by atoms with van der Waals surface area (Å²) in [4.78, 5) is 9.67. The molecule has 3 aromatic rings. The van der Waals surface area contributed by atoms with Gasteiger partial charge in [-0.3, -0.25) is 5.43 Å². The second-order valence-electron chi connectivity index (χ2n) is 3.88. The Morgan fingerprint density at radius 3 is 2.84 bits per heavy atom. The highest BCUT2D eigenvalue weighted by atomic mass is 32.1. The Morgan fingerprint density at radius 2 is 2.05 bits per heavy atom. The number of nitrogens with zero attached hydrogens (tertiary/aromatic N) is 2. The van der Waals surface area contributed by atoms with E-state index in [2.05, 4.69) is 15.4 Å². The van der Waals surface area contributed by atoms with Gasteiger partial charge in [0.05, 0.1) is 10.9 Å². The predicted molar refractivity (Wildman–Crippen MR) is 76.0 cm³/mol. The van der Waals surface area contributed by atoms with E-state index in [1.54, 1.807) is 11.3 Å². The summed E-state index contributed by atoms with van der Waals surface area (Å²) in [5.41, 5.74) is 3.25. The molecule has 0 radical (unpaired) electrons. The normalized spacial score (nSPS) is 10.6. The highest BCUT2D eigenvalue weighted by molar-refractivity contribution is 7.09. The first-order valence-electron chi connectivity index (χ1n) is 5.75. The van der Waals surface area contributed by atoms with Crippen molar-refractivity contribution in [3.8, 4) is 5.88 Å². The summed E-state index contributed by atoms with van der Waals surface area (Å²) in [5.74, 6) is 6.25. The highest BCUT2D eigenvalue weighted by Crippen LogP contribution is 2.24. The van der Waals surface area contributed by atoms with Gasteiger partial charge in [-0.25, -0.2) is 10.8 Å². The summed E-state index contributed by atoms with van der Waals surface area (Å²) >= 11 is 1.65. The minimum Gasteiger partial charge on any atom is -0.471 e. The van der Waals surface area contributed by atoms with Crippen molar-refractivity contribution in [3.63, 3.8) is 0 Å². The van der Waals surface area contributed by atoms with Gasteiger partial charge in [0.15, 0.2) is 0 Å². The molecule has 0 saturated heterocycles. The number of ether oxygens (including phenoxy) is 1. The van der Waals surface area contributed by atoms with E-state index in [0.717, 1.165) is 15.8 Å². The monoisotopic (exact) mass is 272 g/mol. The molecule has 0 aliphatic rings. The number of nitrogens with one attached hydrogen (secondary N) is 1. The van der Waals surface area contributed by atoms with Crippen LogP contribution in [0.5, 0.6) is 5.88 Å². The van der Waals surface area contributed by atoms with Gasteiger partial charge in [0, 0.05) is 4.88 Å². The zero-order chi connectivity index (χ0) is 13.1. The lowest BCUT2D eigenvalue weighted by atomic mass is 10.2. The van der Waals surface area contributed by atoms with E-state index < -0.39 is 0 Å². The number of rotatable bonds is 4. The number of benzene rings is 1. The quantitative estimate of drug-likeness (QED) is 0.564. The standard InChI is InChI=1S/C13H12N4OS/c14-17-13-15-11-6-2-1-5-10(11)12(16-13)18-8-9-4-3-7-19-9/h1-7H,8,14H2,(H,15,16,17). The molecule has 0 aliphatic carbocycles. The molecule has 3 N–H and O–H groups in total. The van der Waals surface area contributed by atoms with Crippen LogP contribution in [0.1, 0.15) is 4.88 Å². The maximum absolute atomic E-state index is 5.77. The van der Waals surface area contributed by atoms with Crippen LogP contribution in [-0.4, -0.2) is 9.97 Å². The largest absolute Gasteiger partial charge is 0.471 e. The lowest BCUT2D eigenvalue weighted by Crippen LogP contribution is -2.11. The molecule has 0 atom stereocenters. The number of thiophene rings is 1. The fourth-order valence-electron chi connectivity index (χ4n) is 1.76. The maximum Gasteiger partial charge on any atom is 0.241 e. The Morgan fingerprint density at radius 1 is 1.16 bits per heavy atom. The van der Waals surface area contributed by atoms with Crippen molar-refractivity contribution in [3.05, 3.63) is 46.7 Å². The molecule has 19 heavy (non-hydrogen) atoms. The Kier molecular flexibility index (Phi) is 3.26. The SMILES string of the molecule is NNc1nc(OCc2cccs2)c2ccccc2n1. The van der Waals surface area contributed by atoms with Crippen molar-refractivity contribution in [1.82, 2.24) is 9.97 Å². The predicted octanol–water partition coefficient (Wildman–Crippen LogP) is 2.56. The molecule has 0 amide bonds. The van der Waals surface area contributed by atoms with Crippen LogP contribution in [0, 0.1) is 0 Å². The molecule has 2 aromatic heterocycles. The summed E-state index contributed by atoms with van der Waals surface area (Å²) in [6.45, 7) is 0.489. The molecule has 0 unspecified atom stereocenters. The van der Waals surface area contributed by atoms with Crippen LogP contribution in [0.3, 0.4) is 0 Å². The van der Waals surface area contributed by atoms with Gasteiger partial charge in [-0.15, -0.1) is 11.3 Å². The molecule has 6 heteroatoms. The lowest BCUT2D eigenvalue weighted by Gasteiger charge is -2.08. The summed E-state index contributed by atoms with van der Waals surface area (Å²) in [6.07, 6.45) is 0. The van der Waals surface area contributed by atoms with Crippen LogP contribution in [0.15, 0.2) is 41.8 Å². The van der Waals surface area contributed by atoms with Crippen molar-refractivity contribution in [2.24, 2.45) is 5.84 Å². The van der Waals surface area contributed by atoms with E-state index in [4.69, 9.17) is 10.6 Å². The minimum atomic E-state index is 0.347. The van der Waals surface area contributed by atoms with Crippen LogP contribution in [0.2, 0.25) is 0 Å². The fraction of sp³-hybridized carbons (Fsp3) is 0.0769. The van der Waals surface area contributed by atoms with Crippen molar-refractivity contribution in [2.45, 2.75) is 6.61 Å². The van der Waals surface area contributed by atoms with Crippen molar-refractivity contribution >= 4 is 28.2 Å². The molecular formula is C13H12N4OS. The Hall–Kier alpha value is -2.18. The molecule has 0 saturated carbocycles. The summed E-state index contributed by atoms with van der Waals surface area (Å²) in [6, 6.07) is 11.7. The average molecular weight is 272 g/mol. The molecule has 0 fully saturated rings. The van der Waals surface area contributed by atoms with Gasteiger partial charge < -0.3 is 4.74 Å². The second kappa shape index (κ2) is 5.21. The van der Waals surface area contributed by atoms with Crippen molar-refractivity contribution < 1.29 is 4.74 Å². The number of hydrogen-bond acceptors (Lipinski definition) is 6. The molecule has 3 rings (SSSR count). The second-order valence-corrected chi connectivity index (χ2v) is 4.91. The van der Waals surface area contributed by atoms with E-state index in [1.807, 2.05) is 41.8 Å². The van der Waals surface area contributed by atoms with Crippen LogP contribution in [-0.2, 0) is 6.61 Å². The Labute approximate surface area is 114 Å². The molecule has 0 spiro atoms. The van der Waals surface area contributed by atoms with Gasteiger partial charge in [-0.1, -0.05) is 18.2 Å². The molecule has 96 valence electrons. The Balaban J connectivity index is 1.96. The zero-order valence-corrected chi connectivity index (χ0v) is 10.9. The average Bonchev–Trinajstić information content (AvgIpc) is 2.97. The summed E-state index contributed by atoms with van der Waals surface area (Å²) in [7, 11) is 0.